The number of carbonyl (C=O) groups is 1. The summed E-state index contributed by atoms with van der Waals surface area (Å²) in [6.07, 6.45) is 0.559. The number of halogens is 2. The molecule has 2 aromatic rings. The van der Waals surface area contributed by atoms with Gasteiger partial charge in [0, 0.05) is 6.07 Å². The van der Waals surface area contributed by atoms with Crippen LogP contribution >= 0.6 is 0 Å². The van der Waals surface area contributed by atoms with Crippen LogP contribution in [-0.4, -0.2) is 12.7 Å². The van der Waals surface area contributed by atoms with Gasteiger partial charge in [0.2, 0.25) is 0 Å². The summed E-state index contributed by atoms with van der Waals surface area (Å²) in [5.41, 5.74) is 0.537. The normalized spacial score (nSPS) is 10.3. The average Bonchev–Trinajstić information content (AvgIpc) is 2.48. The lowest BCUT2D eigenvalue weighted by Crippen LogP contribution is -2.27. The summed E-state index contributed by atoms with van der Waals surface area (Å²) >= 11 is 0. The van der Waals surface area contributed by atoms with E-state index in [-0.39, 0.29) is 12.3 Å². The summed E-state index contributed by atoms with van der Waals surface area (Å²) in [6.45, 7) is 3.86. The van der Waals surface area contributed by atoms with Crippen LogP contribution in [-0.2, 0) is 4.74 Å². The largest absolute Gasteiger partial charge is 0.449 e. The lowest BCUT2D eigenvalue weighted by Gasteiger charge is -2.22. The predicted molar refractivity (Wildman–Crippen MR) is 80.9 cm³/mol. The molecule has 5 heteroatoms. The number of rotatable bonds is 5. The van der Waals surface area contributed by atoms with Crippen LogP contribution < -0.4 is 4.90 Å². The molecule has 1 amide bonds. The highest BCUT2D eigenvalue weighted by atomic mass is 19.1. The van der Waals surface area contributed by atoms with Crippen LogP contribution in [0.2, 0.25) is 0 Å². The number of benzene rings is 2. The Morgan fingerprint density at radius 2 is 1.68 bits per heavy atom. The van der Waals surface area contributed by atoms with E-state index in [0.717, 1.165) is 23.1 Å². The Kier molecular flexibility index (Phi) is 5.47. The highest BCUT2D eigenvalue weighted by molar-refractivity contribution is 5.95. The van der Waals surface area contributed by atoms with E-state index in [1.165, 1.54) is 0 Å². The van der Waals surface area contributed by atoms with Crippen molar-refractivity contribution in [2.75, 3.05) is 11.5 Å². The number of hydrogen-bond donors (Lipinski definition) is 0. The van der Waals surface area contributed by atoms with Gasteiger partial charge in [-0.1, -0.05) is 31.5 Å². The maximum Gasteiger partial charge on any atom is 0.418 e. The summed E-state index contributed by atoms with van der Waals surface area (Å²) in [5, 5.41) is 0. The van der Waals surface area contributed by atoms with Gasteiger partial charge in [-0.25, -0.2) is 18.5 Å². The van der Waals surface area contributed by atoms with Crippen LogP contribution in [0.25, 0.3) is 0 Å². The first-order valence-corrected chi connectivity index (χ1v) is 6.89. The second-order valence-corrected chi connectivity index (χ2v) is 4.62. The van der Waals surface area contributed by atoms with Crippen LogP contribution in [0.1, 0.15) is 12.8 Å². The maximum atomic E-state index is 13.4. The Bertz CT molecular complexity index is 612. The van der Waals surface area contributed by atoms with Gasteiger partial charge in [-0.3, -0.25) is 0 Å². The van der Waals surface area contributed by atoms with Gasteiger partial charge >= 0.3 is 6.09 Å². The molecule has 0 saturated heterocycles. The minimum atomic E-state index is -0.763. The Balaban J connectivity index is 2.35. The van der Waals surface area contributed by atoms with Crippen molar-refractivity contribution in [2.45, 2.75) is 12.8 Å². The summed E-state index contributed by atoms with van der Waals surface area (Å²) in [7, 11) is 0. The number of para-hydroxylation sites is 1. The first kappa shape index (κ1) is 15.9. The molecule has 0 saturated carbocycles. The van der Waals surface area contributed by atoms with E-state index in [1.54, 1.807) is 30.3 Å². The van der Waals surface area contributed by atoms with Gasteiger partial charge in [0.25, 0.3) is 0 Å². The molecule has 3 nitrogen and oxygen atoms in total. The zero-order valence-corrected chi connectivity index (χ0v) is 12.0. The van der Waals surface area contributed by atoms with Crippen LogP contribution in [0.5, 0.6) is 0 Å². The number of anilines is 2. The van der Waals surface area contributed by atoms with Crippen molar-refractivity contribution < 1.29 is 18.3 Å². The van der Waals surface area contributed by atoms with Crippen LogP contribution in [0, 0.1) is 18.6 Å². The molecule has 0 aliphatic heterocycles. The van der Waals surface area contributed by atoms with Crippen LogP contribution in [0.15, 0.2) is 48.5 Å². The Labute approximate surface area is 128 Å². The third kappa shape index (κ3) is 4.04. The average molecular weight is 304 g/mol. The molecule has 0 aromatic heterocycles. The molecule has 0 bridgehead atoms. The molecule has 1 radical (unpaired) electrons. The molecule has 2 rings (SSSR count). The van der Waals surface area contributed by atoms with Gasteiger partial charge in [-0.05, 0) is 30.7 Å². The molecule has 0 N–H and O–H groups in total. The van der Waals surface area contributed by atoms with Crippen LogP contribution in [0.4, 0.5) is 25.0 Å². The molecule has 0 spiro atoms. The summed E-state index contributed by atoms with van der Waals surface area (Å²) in [6, 6.07) is 11.5. The fourth-order valence-corrected chi connectivity index (χ4v) is 1.93. The molecule has 0 fully saturated rings. The van der Waals surface area contributed by atoms with Gasteiger partial charge in [-0.15, -0.1) is 0 Å². The van der Waals surface area contributed by atoms with Gasteiger partial charge in [0.05, 0.1) is 18.0 Å². The summed E-state index contributed by atoms with van der Waals surface area (Å²) < 4.78 is 32.0. The zero-order valence-electron chi connectivity index (χ0n) is 12.0. The quantitative estimate of drug-likeness (QED) is 0.739. The number of amides is 1. The van der Waals surface area contributed by atoms with E-state index in [9.17, 15) is 13.6 Å². The summed E-state index contributed by atoms with van der Waals surface area (Å²) in [5.74, 6) is -1.53. The molecular weight excluding hydrogens is 288 g/mol. The summed E-state index contributed by atoms with van der Waals surface area (Å²) in [4.78, 5) is 13.4. The van der Waals surface area contributed by atoms with Crippen LogP contribution in [0.3, 0.4) is 0 Å². The molecular formula is C17H16F2NO2. The van der Waals surface area contributed by atoms with E-state index in [4.69, 9.17) is 4.74 Å². The Morgan fingerprint density at radius 1 is 1.05 bits per heavy atom. The second-order valence-electron chi connectivity index (χ2n) is 4.62. The van der Waals surface area contributed by atoms with Gasteiger partial charge in [0.1, 0.15) is 11.6 Å². The van der Waals surface area contributed by atoms with Crippen molar-refractivity contribution in [3.63, 3.8) is 0 Å². The van der Waals surface area contributed by atoms with Gasteiger partial charge < -0.3 is 4.74 Å². The third-order valence-electron chi connectivity index (χ3n) is 2.92. The lowest BCUT2D eigenvalue weighted by atomic mass is 10.2. The lowest BCUT2D eigenvalue weighted by molar-refractivity contribution is 0.155. The molecule has 2 aromatic carbocycles. The van der Waals surface area contributed by atoms with Gasteiger partial charge in [-0.2, -0.15) is 0 Å². The zero-order chi connectivity index (χ0) is 15.9. The van der Waals surface area contributed by atoms with E-state index in [2.05, 4.69) is 6.92 Å². The fraction of sp³-hybridized carbons (Fsp3) is 0.176. The number of hydrogen-bond acceptors (Lipinski definition) is 2. The molecule has 0 aliphatic rings. The smallest absolute Gasteiger partial charge is 0.418 e. The highest BCUT2D eigenvalue weighted by Gasteiger charge is 2.20. The van der Waals surface area contributed by atoms with Crippen molar-refractivity contribution in [1.29, 1.82) is 0 Å². The van der Waals surface area contributed by atoms with Crippen molar-refractivity contribution in [3.8, 4) is 0 Å². The number of nitrogens with zero attached hydrogens (tertiary/aromatic N) is 1. The minimum absolute atomic E-state index is 0.0725. The maximum absolute atomic E-state index is 13.4. The molecule has 0 unspecified atom stereocenters. The molecule has 0 aliphatic carbocycles. The standard InChI is InChI=1S/C17H16F2NO2/c1-2-3-9-22-17(21)20(15-7-5-4-6-8-15)16-11-13(18)10-14(19)12-16/h4-8,10-12H,1-3,9H2. The molecule has 22 heavy (non-hydrogen) atoms. The third-order valence-corrected chi connectivity index (χ3v) is 2.92. The minimum Gasteiger partial charge on any atom is -0.449 e. The van der Waals surface area contributed by atoms with E-state index < -0.39 is 17.7 Å². The fourth-order valence-electron chi connectivity index (χ4n) is 1.93. The highest BCUT2D eigenvalue weighted by Crippen LogP contribution is 2.27. The van der Waals surface area contributed by atoms with Crippen molar-refractivity contribution in [2.24, 2.45) is 0 Å². The van der Waals surface area contributed by atoms with Gasteiger partial charge in [0.15, 0.2) is 0 Å². The van der Waals surface area contributed by atoms with E-state index in [1.807, 2.05) is 0 Å². The van der Waals surface area contributed by atoms with Crippen molar-refractivity contribution in [1.82, 2.24) is 0 Å². The first-order chi connectivity index (χ1) is 10.6. The van der Waals surface area contributed by atoms with Crippen molar-refractivity contribution >= 4 is 17.5 Å². The molecule has 0 atom stereocenters. The first-order valence-electron chi connectivity index (χ1n) is 6.89. The molecule has 115 valence electrons. The topological polar surface area (TPSA) is 29.5 Å². The van der Waals surface area contributed by atoms with E-state index >= 15 is 0 Å². The molecule has 0 heterocycles. The number of carbonyl (C=O) groups excluding carboxylic acids is 1. The number of unbranched alkanes of at least 4 members (excludes halogenated alkanes) is 1. The SMILES string of the molecule is [CH2]CCCOC(=O)N(c1ccccc1)c1cc(F)cc(F)c1. The predicted octanol–water partition coefficient (Wildman–Crippen LogP) is 4.85. The van der Waals surface area contributed by atoms with Crippen molar-refractivity contribution in [3.05, 3.63) is 67.1 Å². The number of ether oxygens (including phenoxy) is 1. The second kappa shape index (κ2) is 7.54. The Morgan fingerprint density at radius 3 is 2.27 bits per heavy atom. The van der Waals surface area contributed by atoms with E-state index in [0.29, 0.717) is 18.5 Å². The monoisotopic (exact) mass is 304 g/mol. The Hall–Kier alpha value is -2.43.